The van der Waals surface area contributed by atoms with E-state index in [1.807, 2.05) is 26.0 Å². The second-order valence-electron chi connectivity index (χ2n) is 3.81. The van der Waals surface area contributed by atoms with Gasteiger partial charge in [-0.25, -0.2) is 0 Å². The minimum Gasteiger partial charge on any atom is -0.508 e. The summed E-state index contributed by atoms with van der Waals surface area (Å²) in [7, 11) is 0. The summed E-state index contributed by atoms with van der Waals surface area (Å²) in [6.07, 6.45) is 0.782. The minimum absolute atomic E-state index is 0.0215. The Morgan fingerprint density at radius 1 is 1.57 bits per heavy atom. The maximum atomic E-state index is 9.35. The Balaban J connectivity index is 2.85. The Labute approximate surface area is 85.1 Å². The van der Waals surface area contributed by atoms with Crippen LogP contribution in [0, 0.1) is 6.92 Å². The van der Waals surface area contributed by atoms with Gasteiger partial charge in [0.2, 0.25) is 0 Å². The lowest BCUT2D eigenvalue weighted by Crippen LogP contribution is -2.10. The molecule has 0 saturated carbocycles. The largest absolute Gasteiger partial charge is 0.508 e. The lowest BCUT2D eigenvalue weighted by Gasteiger charge is -2.12. The molecule has 0 unspecified atom stereocenters. The van der Waals surface area contributed by atoms with Crippen LogP contribution >= 0.6 is 0 Å². The second-order valence-corrected chi connectivity index (χ2v) is 3.81. The molecule has 3 N–H and O–H groups in total. The molecule has 0 bridgehead atoms. The molecule has 2 nitrogen and oxygen atoms in total. The van der Waals surface area contributed by atoms with Crippen molar-refractivity contribution in [2.45, 2.75) is 26.3 Å². The number of phenols is 1. The first kappa shape index (κ1) is 10.8. The number of rotatable bonds is 3. The molecular formula is C12H17NO. The van der Waals surface area contributed by atoms with Gasteiger partial charge >= 0.3 is 0 Å². The monoisotopic (exact) mass is 191 g/mol. The van der Waals surface area contributed by atoms with Crippen LogP contribution in [0.15, 0.2) is 30.4 Å². The van der Waals surface area contributed by atoms with Gasteiger partial charge < -0.3 is 10.8 Å². The molecule has 0 aliphatic heterocycles. The average Bonchev–Trinajstić information content (AvgIpc) is 2.08. The Kier molecular flexibility index (Phi) is 3.31. The summed E-state index contributed by atoms with van der Waals surface area (Å²) < 4.78 is 0. The number of phenolic OH excluding ortho intramolecular Hbond substituents is 1. The van der Waals surface area contributed by atoms with Crippen LogP contribution in [0.1, 0.15) is 30.5 Å². The third kappa shape index (κ3) is 2.60. The lowest BCUT2D eigenvalue weighted by molar-refractivity contribution is 0.470. The van der Waals surface area contributed by atoms with Crippen LogP contribution in [0.3, 0.4) is 0 Å². The summed E-state index contributed by atoms with van der Waals surface area (Å²) in [5.41, 5.74) is 8.95. The lowest BCUT2D eigenvalue weighted by atomic mass is 9.99. The fourth-order valence-corrected chi connectivity index (χ4v) is 1.40. The van der Waals surface area contributed by atoms with Crippen molar-refractivity contribution in [2.24, 2.45) is 5.73 Å². The fraction of sp³-hybridized carbons (Fsp3) is 0.333. The van der Waals surface area contributed by atoms with Crippen LogP contribution in [0.4, 0.5) is 0 Å². The molecule has 0 aliphatic carbocycles. The van der Waals surface area contributed by atoms with Crippen molar-refractivity contribution in [1.82, 2.24) is 0 Å². The molecule has 76 valence electrons. The van der Waals surface area contributed by atoms with E-state index in [1.165, 1.54) is 0 Å². The van der Waals surface area contributed by atoms with Gasteiger partial charge in [0.1, 0.15) is 5.75 Å². The molecule has 1 atom stereocenters. The quantitative estimate of drug-likeness (QED) is 0.721. The van der Waals surface area contributed by atoms with E-state index in [1.54, 1.807) is 6.07 Å². The number of hydrogen-bond acceptors (Lipinski definition) is 2. The summed E-state index contributed by atoms with van der Waals surface area (Å²) in [6, 6.07) is 5.44. The van der Waals surface area contributed by atoms with Gasteiger partial charge in [-0.2, -0.15) is 0 Å². The van der Waals surface area contributed by atoms with Gasteiger partial charge in [-0.3, -0.25) is 0 Å². The normalized spacial score (nSPS) is 12.5. The van der Waals surface area contributed by atoms with Gasteiger partial charge in [0.15, 0.2) is 0 Å². The fourth-order valence-electron chi connectivity index (χ4n) is 1.40. The first-order chi connectivity index (χ1) is 6.50. The molecule has 0 spiro atoms. The van der Waals surface area contributed by atoms with Gasteiger partial charge in [0.25, 0.3) is 0 Å². The predicted molar refractivity (Wildman–Crippen MR) is 59.2 cm³/mol. The maximum absolute atomic E-state index is 9.35. The van der Waals surface area contributed by atoms with Crippen molar-refractivity contribution in [3.8, 4) is 5.75 Å². The van der Waals surface area contributed by atoms with Gasteiger partial charge in [0.05, 0.1) is 0 Å². The number of aryl methyl sites for hydroxylation is 1. The zero-order valence-electron chi connectivity index (χ0n) is 8.75. The van der Waals surface area contributed by atoms with Crippen molar-refractivity contribution < 1.29 is 5.11 Å². The maximum Gasteiger partial charge on any atom is 0.118 e. The first-order valence-electron chi connectivity index (χ1n) is 4.70. The van der Waals surface area contributed by atoms with E-state index in [0.29, 0.717) is 5.75 Å². The molecule has 0 aliphatic rings. The highest BCUT2D eigenvalue weighted by molar-refractivity contribution is 5.36. The molecule has 2 heteroatoms. The highest BCUT2D eigenvalue weighted by Crippen LogP contribution is 2.23. The van der Waals surface area contributed by atoms with Crippen LogP contribution in [0.25, 0.3) is 0 Å². The highest BCUT2D eigenvalue weighted by atomic mass is 16.3. The van der Waals surface area contributed by atoms with Crippen LogP contribution < -0.4 is 5.73 Å². The van der Waals surface area contributed by atoms with Crippen LogP contribution in [0.2, 0.25) is 0 Å². The average molecular weight is 191 g/mol. The standard InChI is InChI=1S/C12H17NO/c1-8(2)6-11(13)10-4-5-12(14)9(3)7-10/h4-5,7,11,14H,1,6,13H2,2-3H3/t11-/m1/s1. The van der Waals surface area contributed by atoms with Gasteiger partial charge in [-0.15, -0.1) is 6.58 Å². The van der Waals surface area contributed by atoms with Crippen LogP contribution in [-0.4, -0.2) is 5.11 Å². The minimum atomic E-state index is -0.0215. The van der Waals surface area contributed by atoms with E-state index in [-0.39, 0.29) is 6.04 Å². The van der Waals surface area contributed by atoms with Gasteiger partial charge in [0, 0.05) is 6.04 Å². The molecule has 0 heterocycles. The number of nitrogens with two attached hydrogens (primary N) is 1. The van der Waals surface area contributed by atoms with E-state index in [9.17, 15) is 5.11 Å². The van der Waals surface area contributed by atoms with Gasteiger partial charge in [-0.05, 0) is 37.5 Å². The van der Waals surface area contributed by atoms with E-state index in [0.717, 1.165) is 23.1 Å². The molecular weight excluding hydrogens is 174 g/mol. The van der Waals surface area contributed by atoms with Crippen molar-refractivity contribution in [1.29, 1.82) is 0 Å². The molecule has 1 rings (SSSR count). The van der Waals surface area contributed by atoms with E-state index in [2.05, 4.69) is 6.58 Å². The summed E-state index contributed by atoms with van der Waals surface area (Å²) in [5.74, 6) is 0.316. The SMILES string of the molecule is C=C(C)C[C@@H](N)c1ccc(O)c(C)c1. The Hall–Kier alpha value is -1.28. The van der Waals surface area contributed by atoms with Crippen molar-refractivity contribution >= 4 is 0 Å². The Morgan fingerprint density at radius 2 is 2.21 bits per heavy atom. The summed E-state index contributed by atoms with van der Waals surface area (Å²) in [5, 5.41) is 9.35. The Bertz CT molecular complexity index is 344. The van der Waals surface area contributed by atoms with Gasteiger partial charge in [-0.1, -0.05) is 17.7 Å². The number of benzene rings is 1. The zero-order valence-corrected chi connectivity index (χ0v) is 8.75. The van der Waals surface area contributed by atoms with E-state index >= 15 is 0 Å². The van der Waals surface area contributed by atoms with Crippen LogP contribution in [-0.2, 0) is 0 Å². The molecule has 0 fully saturated rings. The van der Waals surface area contributed by atoms with E-state index in [4.69, 9.17) is 5.73 Å². The molecule has 0 saturated heterocycles. The van der Waals surface area contributed by atoms with E-state index < -0.39 is 0 Å². The zero-order chi connectivity index (χ0) is 10.7. The number of aromatic hydroxyl groups is 1. The van der Waals surface area contributed by atoms with Crippen molar-refractivity contribution in [3.63, 3.8) is 0 Å². The summed E-state index contributed by atoms with van der Waals surface area (Å²) in [4.78, 5) is 0. The first-order valence-corrected chi connectivity index (χ1v) is 4.70. The number of hydrogen-bond donors (Lipinski definition) is 2. The third-order valence-corrected chi connectivity index (χ3v) is 2.22. The third-order valence-electron chi connectivity index (χ3n) is 2.22. The smallest absolute Gasteiger partial charge is 0.118 e. The summed E-state index contributed by atoms with van der Waals surface area (Å²) in [6.45, 7) is 7.66. The molecule has 1 aromatic carbocycles. The molecule has 0 amide bonds. The topological polar surface area (TPSA) is 46.2 Å². The van der Waals surface area contributed by atoms with Crippen LogP contribution in [0.5, 0.6) is 5.75 Å². The second kappa shape index (κ2) is 4.29. The summed E-state index contributed by atoms with van der Waals surface area (Å²) >= 11 is 0. The predicted octanol–water partition coefficient (Wildman–Crippen LogP) is 2.67. The molecule has 14 heavy (non-hydrogen) atoms. The molecule has 0 aromatic heterocycles. The Morgan fingerprint density at radius 3 is 2.71 bits per heavy atom. The molecule has 0 radical (unpaired) electrons. The highest BCUT2D eigenvalue weighted by Gasteiger charge is 2.07. The van der Waals surface area contributed by atoms with Crippen molar-refractivity contribution in [3.05, 3.63) is 41.5 Å². The molecule has 1 aromatic rings. The van der Waals surface area contributed by atoms with Crippen molar-refractivity contribution in [2.75, 3.05) is 0 Å².